The van der Waals surface area contributed by atoms with E-state index in [-0.39, 0.29) is 0 Å². The topological polar surface area (TPSA) is 38.0 Å². The lowest BCUT2D eigenvalue weighted by atomic mass is 9.78. The van der Waals surface area contributed by atoms with Gasteiger partial charge in [0.15, 0.2) is 0 Å². The molecule has 0 fully saturated rings. The first-order valence-electron chi connectivity index (χ1n) is 6.05. The summed E-state index contributed by atoms with van der Waals surface area (Å²) in [6, 6.07) is 0.377. The van der Waals surface area contributed by atoms with Crippen molar-refractivity contribution in [2.45, 2.75) is 66.3 Å². The molecule has 0 aliphatic heterocycles. The van der Waals surface area contributed by atoms with Gasteiger partial charge in [-0.1, -0.05) is 38.3 Å². The highest BCUT2D eigenvalue weighted by Crippen LogP contribution is 2.32. The summed E-state index contributed by atoms with van der Waals surface area (Å²) in [5, 5.41) is 0. The summed E-state index contributed by atoms with van der Waals surface area (Å²) in [6.45, 7) is 11.1. The normalized spacial score (nSPS) is 16.9. The molecule has 0 bridgehead atoms. The minimum Gasteiger partial charge on any atom is -0.271 e. The maximum atomic E-state index is 5.47. The number of hydrogen-bond acceptors (Lipinski definition) is 2. The van der Waals surface area contributed by atoms with Crippen LogP contribution in [0.4, 0.5) is 0 Å². The average Bonchev–Trinajstić information content (AvgIpc) is 2.13. The first-order valence-corrected chi connectivity index (χ1v) is 6.05. The number of hydrogen-bond donors (Lipinski definition) is 2. The number of allylic oxidation sites excluding steroid dienone is 2. The van der Waals surface area contributed by atoms with Crippen LogP contribution in [0.1, 0.15) is 60.3 Å². The van der Waals surface area contributed by atoms with Crippen LogP contribution in [0.15, 0.2) is 11.6 Å². The maximum absolute atomic E-state index is 5.47. The molecule has 2 unspecified atom stereocenters. The highest BCUT2D eigenvalue weighted by molar-refractivity contribution is 5.04. The van der Waals surface area contributed by atoms with Crippen LogP contribution in [-0.4, -0.2) is 6.04 Å². The van der Waals surface area contributed by atoms with Crippen molar-refractivity contribution >= 4 is 0 Å². The lowest BCUT2D eigenvalue weighted by Gasteiger charge is -2.29. The Morgan fingerprint density at radius 3 is 2.47 bits per heavy atom. The second kappa shape index (κ2) is 7.02. The zero-order chi connectivity index (χ0) is 11.9. The molecule has 2 nitrogen and oxygen atoms in total. The van der Waals surface area contributed by atoms with E-state index in [2.05, 4.69) is 46.1 Å². The van der Waals surface area contributed by atoms with Gasteiger partial charge in [-0.2, -0.15) is 0 Å². The van der Waals surface area contributed by atoms with Gasteiger partial charge in [0.05, 0.1) is 0 Å². The molecule has 0 heterocycles. The molecule has 15 heavy (non-hydrogen) atoms. The second-order valence-electron chi connectivity index (χ2n) is 5.25. The Morgan fingerprint density at radius 1 is 1.47 bits per heavy atom. The van der Waals surface area contributed by atoms with Gasteiger partial charge in [0, 0.05) is 6.04 Å². The molecule has 0 rings (SSSR count). The van der Waals surface area contributed by atoms with Crippen molar-refractivity contribution in [1.29, 1.82) is 0 Å². The van der Waals surface area contributed by atoms with Crippen LogP contribution in [0.2, 0.25) is 0 Å². The minimum atomic E-state index is 0.292. The van der Waals surface area contributed by atoms with Gasteiger partial charge < -0.3 is 0 Å². The number of nitrogens with one attached hydrogen (secondary N) is 1. The monoisotopic (exact) mass is 212 g/mol. The summed E-state index contributed by atoms with van der Waals surface area (Å²) in [6.07, 6.45) is 7.31. The predicted octanol–water partition coefficient (Wildman–Crippen LogP) is 3.39. The van der Waals surface area contributed by atoms with E-state index in [0.29, 0.717) is 11.5 Å². The quantitative estimate of drug-likeness (QED) is 0.386. The van der Waals surface area contributed by atoms with Crippen LogP contribution in [0, 0.1) is 5.41 Å². The fraction of sp³-hybridized carbons (Fsp3) is 0.846. The molecule has 0 saturated heterocycles. The van der Waals surface area contributed by atoms with Crippen molar-refractivity contribution in [3.63, 3.8) is 0 Å². The Labute approximate surface area is 95.3 Å². The maximum Gasteiger partial charge on any atom is 0.0190 e. The molecule has 0 aromatic heterocycles. The lowest BCUT2D eigenvalue weighted by Crippen LogP contribution is -2.36. The standard InChI is InChI=1S/C13H28N2/c1-6-7-8-13(5,9-11(2)3)10-12(4)15-14/h9,12,15H,6-8,10,14H2,1-5H3. The third kappa shape index (κ3) is 6.69. The van der Waals surface area contributed by atoms with Gasteiger partial charge in [-0.05, 0) is 39.0 Å². The number of unbranched alkanes of at least 4 members (excludes halogenated alkanes) is 1. The largest absolute Gasteiger partial charge is 0.271 e. The molecular weight excluding hydrogens is 184 g/mol. The third-order valence-electron chi connectivity index (χ3n) is 2.80. The Balaban J connectivity index is 4.47. The Bertz CT molecular complexity index is 195. The van der Waals surface area contributed by atoms with E-state index in [4.69, 9.17) is 5.84 Å². The van der Waals surface area contributed by atoms with Gasteiger partial charge in [0.1, 0.15) is 0 Å². The molecular formula is C13H28N2. The number of nitrogens with two attached hydrogens (primary N) is 1. The lowest BCUT2D eigenvalue weighted by molar-refractivity contribution is 0.302. The van der Waals surface area contributed by atoms with Gasteiger partial charge in [-0.25, -0.2) is 0 Å². The predicted molar refractivity (Wildman–Crippen MR) is 68.5 cm³/mol. The van der Waals surface area contributed by atoms with Crippen molar-refractivity contribution in [3.05, 3.63) is 11.6 Å². The van der Waals surface area contributed by atoms with E-state index < -0.39 is 0 Å². The van der Waals surface area contributed by atoms with E-state index in [1.165, 1.54) is 24.8 Å². The van der Waals surface area contributed by atoms with Crippen LogP contribution < -0.4 is 11.3 Å². The summed E-state index contributed by atoms with van der Waals surface area (Å²) < 4.78 is 0. The van der Waals surface area contributed by atoms with E-state index in [0.717, 1.165) is 6.42 Å². The molecule has 0 aromatic rings. The van der Waals surface area contributed by atoms with E-state index >= 15 is 0 Å². The van der Waals surface area contributed by atoms with E-state index in [1.807, 2.05) is 0 Å². The number of rotatable bonds is 7. The molecule has 0 amide bonds. The van der Waals surface area contributed by atoms with Gasteiger partial charge in [0.2, 0.25) is 0 Å². The average molecular weight is 212 g/mol. The summed E-state index contributed by atoms with van der Waals surface area (Å²) >= 11 is 0. The van der Waals surface area contributed by atoms with Crippen molar-refractivity contribution in [2.75, 3.05) is 0 Å². The summed E-state index contributed by atoms with van der Waals surface area (Å²) in [5.74, 6) is 5.47. The number of hydrazine groups is 1. The fourth-order valence-electron chi connectivity index (χ4n) is 2.27. The van der Waals surface area contributed by atoms with E-state index in [1.54, 1.807) is 0 Å². The summed E-state index contributed by atoms with van der Waals surface area (Å²) in [4.78, 5) is 0. The van der Waals surface area contributed by atoms with Gasteiger partial charge >= 0.3 is 0 Å². The summed E-state index contributed by atoms with van der Waals surface area (Å²) in [5.41, 5.74) is 4.53. The van der Waals surface area contributed by atoms with Crippen LogP contribution >= 0.6 is 0 Å². The van der Waals surface area contributed by atoms with Crippen molar-refractivity contribution < 1.29 is 0 Å². The van der Waals surface area contributed by atoms with Gasteiger partial charge in [-0.15, -0.1) is 0 Å². The molecule has 3 N–H and O–H groups in total. The van der Waals surface area contributed by atoms with Crippen LogP contribution in [0.25, 0.3) is 0 Å². The highest BCUT2D eigenvalue weighted by atomic mass is 15.2. The highest BCUT2D eigenvalue weighted by Gasteiger charge is 2.23. The Kier molecular flexibility index (Phi) is 6.86. The van der Waals surface area contributed by atoms with Crippen LogP contribution in [0.5, 0.6) is 0 Å². The first kappa shape index (κ1) is 14.7. The molecule has 2 atom stereocenters. The van der Waals surface area contributed by atoms with Gasteiger partial charge in [-0.3, -0.25) is 11.3 Å². The zero-order valence-corrected chi connectivity index (χ0v) is 11.1. The van der Waals surface area contributed by atoms with Crippen LogP contribution in [-0.2, 0) is 0 Å². The Morgan fingerprint density at radius 2 is 2.07 bits per heavy atom. The van der Waals surface area contributed by atoms with Crippen molar-refractivity contribution in [2.24, 2.45) is 11.3 Å². The van der Waals surface area contributed by atoms with Crippen molar-refractivity contribution in [1.82, 2.24) is 5.43 Å². The molecule has 0 saturated carbocycles. The summed E-state index contributed by atoms with van der Waals surface area (Å²) in [7, 11) is 0. The van der Waals surface area contributed by atoms with Gasteiger partial charge in [0.25, 0.3) is 0 Å². The molecule has 2 heteroatoms. The Hall–Kier alpha value is -0.340. The zero-order valence-electron chi connectivity index (χ0n) is 11.1. The second-order valence-corrected chi connectivity index (χ2v) is 5.25. The van der Waals surface area contributed by atoms with E-state index in [9.17, 15) is 0 Å². The molecule has 0 aliphatic carbocycles. The fourth-order valence-corrected chi connectivity index (χ4v) is 2.27. The van der Waals surface area contributed by atoms with Crippen molar-refractivity contribution in [3.8, 4) is 0 Å². The van der Waals surface area contributed by atoms with Crippen LogP contribution in [0.3, 0.4) is 0 Å². The molecule has 0 spiro atoms. The minimum absolute atomic E-state index is 0.292. The SMILES string of the molecule is CCCCC(C)(C=C(C)C)CC(C)NN. The molecule has 90 valence electrons. The third-order valence-corrected chi connectivity index (χ3v) is 2.80. The first-order chi connectivity index (χ1) is 6.93. The molecule has 0 aromatic carbocycles. The molecule has 0 aliphatic rings. The smallest absolute Gasteiger partial charge is 0.0190 e. The molecule has 0 radical (unpaired) electrons.